The number of pyridine rings is 1. The van der Waals surface area contributed by atoms with Crippen LogP contribution in [0.15, 0.2) is 17.2 Å². The number of nitrogens with zero attached hydrogens (tertiary/aromatic N) is 1. The molecule has 0 saturated carbocycles. The highest BCUT2D eigenvalue weighted by Gasteiger charge is 1.92. The predicted molar refractivity (Wildman–Crippen MR) is 40.6 cm³/mol. The number of rotatable bonds is 0. The molecule has 1 heterocycles. The summed E-state index contributed by atoms with van der Waals surface area (Å²) in [5, 5.41) is 0.704. The molecule has 1 rings (SSSR count). The lowest BCUT2D eigenvalue weighted by molar-refractivity contribution is 1.10. The number of aryl methyl sites for hydroxylation is 1. The zero-order valence-electron chi connectivity index (χ0n) is 5.13. The molecule has 0 atom stereocenters. The van der Waals surface area contributed by atoms with Crippen LogP contribution < -0.4 is 5.73 Å². The SMILES string of the molecule is Cc1ccc(N)nc1S. The number of hydrogen-bond donors (Lipinski definition) is 2. The van der Waals surface area contributed by atoms with Gasteiger partial charge in [-0.05, 0) is 18.6 Å². The van der Waals surface area contributed by atoms with E-state index in [2.05, 4.69) is 17.6 Å². The second-order valence-corrected chi connectivity index (χ2v) is 2.30. The maximum atomic E-state index is 5.37. The highest BCUT2D eigenvalue weighted by atomic mass is 32.1. The van der Waals surface area contributed by atoms with Crippen molar-refractivity contribution >= 4 is 18.4 Å². The Morgan fingerprint density at radius 2 is 2.22 bits per heavy atom. The van der Waals surface area contributed by atoms with Crippen LogP contribution in [0.25, 0.3) is 0 Å². The molecule has 0 aliphatic carbocycles. The number of aromatic nitrogens is 1. The molecule has 0 aliphatic heterocycles. The number of nitrogen functional groups attached to an aromatic ring is 1. The smallest absolute Gasteiger partial charge is 0.124 e. The van der Waals surface area contributed by atoms with Crippen LogP contribution >= 0.6 is 12.6 Å². The average Bonchev–Trinajstić information content (AvgIpc) is 1.80. The molecule has 1 aromatic rings. The Morgan fingerprint density at radius 3 is 2.67 bits per heavy atom. The highest BCUT2D eigenvalue weighted by molar-refractivity contribution is 7.80. The fourth-order valence-electron chi connectivity index (χ4n) is 0.533. The molecule has 0 spiro atoms. The van der Waals surface area contributed by atoms with Gasteiger partial charge in [0, 0.05) is 0 Å². The largest absolute Gasteiger partial charge is 0.384 e. The maximum absolute atomic E-state index is 5.37. The first-order valence-electron chi connectivity index (χ1n) is 2.62. The quantitative estimate of drug-likeness (QED) is 0.532. The highest BCUT2D eigenvalue weighted by Crippen LogP contribution is 2.10. The number of anilines is 1. The minimum atomic E-state index is 0.519. The molecule has 48 valence electrons. The first-order chi connectivity index (χ1) is 4.20. The molecule has 0 aliphatic rings. The third-order valence-electron chi connectivity index (χ3n) is 1.09. The van der Waals surface area contributed by atoms with E-state index >= 15 is 0 Å². The number of hydrogen-bond acceptors (Lipinski definition) is 3. The van der Waals surface area contributed by atoms with Crippen LogP contribution in [-0.4, -0.2) is 4.98 Å². The van der Waals surface area contributed by atoms with Crippen LogP contribution in [0.2, 0.25) is 0 Å². The third-order valence-corrected chi connectivity index (χ3v) is 1.54. The van der Waals surface area contributed by atoms with Crippen LogP contribution in [0.4, 0.5) is 5.82 Å². The summed E-state index contributed by atoms with van der Waals surface area (Å²) in [7, 11) is 0. The third kappa shape index (κ3) is 1.36. The van der Waals surface area contributed by atoms with Crippen molar-refractivity contribution in [3.8, 4) is 0 Å². The second-order valence-electron chi connectivity index (χ2n) is 1.88. The summed E-state index contributed by atoms with van der Waals surface area (Å²) >= 11 is 4.08. The molecule has 1 aromatic heterocycles. The molecule has 0 unspecified atom stereocenters. The molecular weight excluding hydrogens is 132 g/mol. The molecule has 2 nitrogen and oxygen atoms in total. The maximum Gasteiger partial charge on any atom is 0.124 e. The molecule has 9 heavy (non-hydrogen) atoms. The fourth-order valence-corrected chi connectivity index (χ4v) is 0.723. The van der Waals surface area contributed by atoms with E-state index in [0.29, 0.717) is 10.8 Å². The molecular formula is C6H8N2S. The Bertz CT molecular complexity index is 222. The van der Waals surface area contributed by atoms with Gasteiger partial charge < -0.3 is 5.73 Å². The van der Waals surface area contributed by atoms with Crippen molar-refractivity contribution in [3.05, 3.63) is 17.7 Å². The number of thiol groups is 1. The fraction of sp³-hybridized carbons (Fsp3) is 0.167. The van der Waals surface area contributed by atoms with E-state index in [1.807, 2.05) is 13.0 Å². The topological polar surface area (TPSA) is 38.9 Å². The molecule has 0 fully saturated rings. The first kappa shape index (κ1) is 6.42. The molecule has 0 saturated heterocycles. The van der Waals surface area contributed by atoms with Gasteiger partial charge in [-0.1, -0.05) is 6.07 Å². The van der Waals surface area contributed by atoms with E-state index in [1.165, 1.54) is 0 Å². The molecule has 0 bridgehead atoms. The summed E-state index contributed by atoms with van der Waals surface area (Å²) in [5.74, 6) is 0.519. The minimum Gasteiger partial charge on any atom is -0.384 e. The Morgan fingerprint density at radius 1 is 1.56 bits per heavy atom. The van der Waals surface area contributed by atoms with Gasteiger partial charge in [0.15, 0.2) is 0 Å². The summed E-state index contributed by atoms with van der Waals surface area (Å²) in [6.07, 6.45) is 0. The van der Waals surface area contributed by atoms with Crippen molar-refractivity contribution in [2.45, 2.75) is 11.9 Å². The van der Waals surface area contributed by atoms with E-state index in [4.69, 9.17) is 5.73 Å². The van der Waals surface area contributed by atoms with Crippen LogP contribution in [0.5, 0.6) is 0 Å². The Balaban J connectivity index is 3.17. The van der Waals surface area contributed by atoms with Gasteiger partial charge in [0.2, 0.25) is 0 Å². The summed E-state index contributed by atoms with van der Waals surface area (Å²) < 4.78 is 0. The summed E-state index contributed by atoms with van der Waals surface area (Å²) in [6, 6.07) is 3.65. The predicted octanol–water partition coefficient (Wildman–Crippen LogP) is 1.26. The van der Waals surface area contributed by atoms with E-state index in [1.54, 1.807) is 6.07 Å². The Hall–Kier alpha value is -0.700. The van der Waals surface area contributed by atoms with Gasteiger partial charge in [-0.15, -0.1) is 12.6 Å². The summed E-state index contributed by atoms with van der Waals surface area (Å²) in [4.78, 5) is 3.92. The van der Waals surface area contributed by atoms with Gasteiger partial charge in [-0.3, -0.25) is 0 Å². The van der Waals surface area contributed by atoms with Crippen molar-refractivity contribution in [1.82, 2.24) is 4.98 Å². The summed E-state index contributed by atoms with van der Waals surface area (Å²) in [5.41, 5.74) is 6.42. The van der Waals surface area contributed by atoms with Crippen molar-refractivity contribution in [2.24, 2.45) is 0 Å². The lowest BCUT2D eigenvalue weighted by Gasteiger charge is -1.96. The van der Waals surface area contributed by atoms with Crippen LogP contribution in [0, 0.1) is 6.92 Å². The van der Waals surface area contributed by atoms with E-state index < -0.39 is 0 Å². The van der Waals surface area contributed by atoms with Crippen molar-refractivity contribution in [3.63, 3.8) is 0 Å². The minimum absolute atomic E-state index is 0.519. The van der Waals surface area contributed by atoms with Crippen LogP contribution in [0.1, 0.15) is 5.56 Å². The lowest BCUT2D eigenvalue weighted by Crippen LogP contribution is -1.90. The van der Waals surface area contributed by atoms with Crippen LogP contribution in [-0.2, 0) is 0 Å². The normalized spacial score (nSPS) is 9.56. The van der Waals surface area contributed by atoms with Crippen molar-refractivity contribution in [2.75, 3.05) is 5.73 Å². The van der Waals surface area contributed by atoms with E-state index in [0.717, 1.165) is 5.56 Å². The average molecular weight is 140 g/mol. The van der Waals surface area contributed by atoms with Gasteiger partial charge in [0.1, 0.15) is 5.82 Å². The van der Waals surface area contributed by atoms with E-state index in [-0.39, 0.29) is 0 Å². The zero-order valence-corrected chi connectivity index (χ0v) is 6.02. The van der Waals surface area contributed by atoms with Crippen molar-refractivity contribution in [1.29, 1.82) is 0 Å². The molecule has 0 radical (unpaired) electrons. The van der Waals surface area contributed by atoms with Gasteiger partial charge in [0.25, 0.3) is 0 Å². The molecule has 0 amide bonds. The Labute approximate surface area is 59.5 Å². The number of nitrogens with two attached hydrogens (primary N) is 1. The van der Waals surface area contributed by atoms with Crippen LogP contribution in [0.3, 0.4) is 0 Å². The molecule has 0 aromatic carbocycles. The monoisotopic (exact) mass is 140 g/mol. The van der Waals surface area contributed by atoms with Gasteiger partial charge >= 0.3 is 0 Å². The zero-order chi connectivity index (χ0) is 6.85. The Kier molecular flexibility index (Phi) is 1.62. The molecule has 3 heteroatoms. The standard InChI is InChI=1S/C6H8N2S/c1-4-2-3-5(7)8-6(4)9/h2-3H,1H3,(H3,7,8,9). The lowest BCUT2D eigenvalue weighted by atomic mass is 10.3. The van der Waals surface area contributed by atoms with E-state index in [9.17, 15) is 0 Å². The summed E-state index contributed by atoms with van der Waals surface area (Å²) in [6.45, 7) is 1.94. The molecule has 2 N–H and O–H groups in total. The second kappa shape index (κ2) is 2.27. The first-order valence-corrected chi connectivity index (χ1v) is 3.07. The van der Waals surface area contributed by atoms with Crippen molar-refractivity contribution < 1.29 is 0 Å². The van der Waals surface area contributed by atoms with Gasteiger partial charge in [-0.25, -0.2) is 4.98 Å². The van der Waals surface area contributed by atoms with Gasteiger partial charge in [-0.2, -0.15) is 0 Å². The van der Waals surface area contributed by atoms with Gasteiger partial charge in [0.05, 0.1) is 5.03 Å².